The van der Waals surface area contributed by atoms with Crippen LogP contribution in [0.2, 0.25) is 0 Å². The lowest BCUT2D eigenvalue weighted by Gasteiger charge is -2.21. The molecule has 0 saturated heterocycles. The van der Waals surface area contributed by atoms with Gasteiger partial charge in [0.05, 0.1) is 3.79 Å². The predicted octanol–water partition coefficient (Wildman–Crippen LogP) is 3.45. The van der Waals surface area contributed by atoms with E-state index in [4.69, 9.17) is 4.74 Å². The summed E-state index contributed by atoms with van der Waals surface area (Å²) in [6, 6.07) is 2.08. The van der Waals surface area contributed by atoms with E-state index in [9.17, 15) is 4.79 Å². The van der Waals surface area contributed by atoms with Gasteiger partial charge in [-0.2, -0.15) is 0 Å². The highest BCUT2D eigenvalue weighted by Crippen LogP contribution is 2.39. The molecule has 1 aliphatic rings. The quantitative estimate of drug-likeness (QED) is 0.734. The van der Waals surface area contributed by atoms with Gasteiger partial charge in [-0.05, 0) is 41.3 Å². The molecular formula is C10H11BrO2S. The van der Waals surface area contributed by atoms with Gasteiger partial charge in [-0.3, -0.25) is 4.79 Å². The Balaban J connectivity index is 2.25. The Morgan fingerprint density at radius 1 is 1.71 bits per heavy atom. The van der Waals surface area contributed by atoms with Crippen molar-refractivity contribution in [3.05, 3.63) is 20.3 Å². The van der Waals surface area contributed by atoms with Gasteiger partial charge >= 0.3 is 5.97 Å². The third-order valence-corrected chi connectivity index (χ3v) is 4.05. The summed E-state index contributed by atoms with van der Waals surface area (Å²) in [5.74, 6) is -0.190. The van der Waals surface area contributed by atoms with E-state index in [0.717, 1.165) is 23.0 Å². The van der Waals surface area contributed by atoms with Crippen LogP contribution >= 0.6 is 27.3 Å². The third kappa shape index (κ3) is 2.01. The monoisotopic (exact) mass is 274 g/mol. The van der Waals surface area contributed by atoms with Crippen molar-refractivity contribution >= 4 is 33.2 Å². The summed E-state index contributed by atoms with van der Waals surface area (Å²) < 4.78 is 6.40. The number of ether oxygens (including phenoxy) is 1. The number of hydrogen-bond acceptors (Lipinski definition) is 3. The van der Waals surface area contributed by atoms with E-state index in [1.807, 2.05) is 0 Å². The highest BCUT2D eigenvalue weighted by molar-refractivity contribution is 9.11. The van der Waals surface area contributed by atoms with Gasteiger partial charge in [-0.1, -0.05) is 0 Å². The number of thiophene rings is 1. The smallest absolute Gasteiger partial charge is 0.303 e. The Morgan fingerprint density at radius 2 is 2.50 bits per heavy atom. The zero-order valence-corrected chi connectivity index (χ0v) is 10.3. The normalized spacial score (nSPS) is 20.3. The van der Waals surface area contributed by atoms with Crippen molar-refractivity contribution in [2.45, 2.75) is 32.3 Å². The van der Waals surface area contributed by atoms with Gasteiger partial charge in [0.2, 0.25) is 0 Å². The predicted molar refractivity (Wildman–Crippen MR) is 59.5 cm³/mol. The highest BCUT2D eigenvalue weighted by atomic mass is 79.9. The molecule has 0 radical (unpaired) electrons. The fourth-order valence-electron chi connectivity index (χ4n) is 1.80. The second-order valence-electron chi connectivity index (χ2n) is 3.42. The highest BCUT2D eigenvalue weighted by Gasteiger charge is 2.24. The number of hydrogen-bond donors (Lipinski definition) is 0. The SMILES string of the molecule is CC(=O)OC1CCCc2sc(Br)cc21. The maximum atomic E-state index is 10.9. The molecule has 1 heterocycles. The van der Waals surface area contributed by atoms with E-state index in [1.165, 1.54) is 17.4 Å². The van der Waals surface area contributed by atoms with Crippen LogP contribution in [-0.4, -0.2) is 5.97 Å². The molecule has 0 saturated carbocycles. The van der Waals surface area contributed by atoms with Crippen LogP contribution in [0.4, 0.5) is 0 Å². The molecule has 1 aromatic rings. The molecule has 0 N–H and O–H groups in total. The first-order valence-corrected chi connectivity index (χ1v) is 6.23. The van der Waals surface area contributed by atoms with Crippen molar-refractivity contribution in [2.24, 2.45) is 0 Å². The lowest BCUT2D eigenvalue weighted by Crippen LogP contribution is -2.13. The number of halogens is 1. The number of aryl methyl sites for hydroxylation is 1. The van der Waals surface area contributed by atoms with Crippen molar-refractivity contribution in [3.63, 3.8) is 0 Å². The van der Waals surface area contributed by atoms with Crippen molar-refractivity contribution < 1.29 is 9.53 Å². The summed E-state index contributed by atoms with van der Waals surface area (Å²) >= 11 is 5.21. The van der Waals surface area contributed by atoms with Crippen LogP contribution in [0.1, 0.15) is 36.3 Å². The molecule has 14 heavy (non-hydrogen) atoms. The molecule has 0 spiro atoms. The molecular weight excluding hydrogens is 264 g/mol. The van der Waals surface area contributed by atoms with E-state index in [1.54, 1.807) is 11.3 Å². The molecule has 1 aliphatic carbocycles. The molecule has 1 atom stereocenters. The van der Waals surface area contributed by atoms with E-state index in [0.29, 0.717) is 0 Å². The van der Waals surface area contributed by atoms with Gasteiger partial charge in [0.25, 0.3) is 0 Å². The second-order valence-corrected chi connectivity index (χ2v) is 5.94. The first-order valence-electron chi connectivity index (χ1n) is 4.62. The molecule has 2 nitrogen and oxygen atoms in total. The molecule has 0 fully saturated rings. The van der Waals surface area contributed by atoms with Crippen LogP contribution in [0.3, 0.4) is 0 Å². The fraction of sp³-hybridized carbons (Fsp3) is 0.500. The summed E-state index contributed by atoms with van der Waals surface area (Å²) in [5.41, 5.74) is 1.20. The van der Waals surface area contributed by atoms with Crippen molar-refractivity contribution in [1.29, 1.82) is 0 Å². The average molecular weight is 275 g/mol. The molecule has 76 valence electrons. The van der Waals surface area contributed by atoms with Crippen LogP contribution in [0.5, 0.6) is 0 Å². The molecule has 0 bridgehead atoms. The van der Waals surface area contributed by atoms with Gasteiger partial charge in [-0.15, -0.1) is 11.3 Å². The Morgan fingerprint density at radius 3 is 3.21 bits per heavy atom. The second kappa shape index (κ2) is 4.03. The number of esters is 1. The summed E-state index contributed by atoms with van der Waals surface area (Å²) in [6.07, 6.45) is 3.16. The third-order valence-electron chi connectivity index (χ3n) is 2.34. The van der Waals surface area contributed by atoms with E-state index < -0.39 is 0 Å². The maximum Gasteiger partial charge on any atom is 0.303 e. The standard InChI is InChI=1S/C10H11BrO2S/c1-6(12)13-8-3-2-4-9-7(8)5-10(11)14-9/h5,8H,2-4H2,1H3. The summed E-state index contributed by atoms with van der Waals surface area (Å²) in [5, 5.41) is 0. The molecule has 0 amide bonds. The zero-order valence-electron chi connectivity index (χ0n) is 7.88. The van der Waals surface area contributed by atoms with E-state index in [2.05, 4.69) is 22.0 Å². The fourth-order valence-corrected chi connectivity index (χ4v) is 3.61. The topological polar surface area (TPSA) is 26.3 Å². The van der Waals surface area contributed by atoms with E-state index >= 15 is 0 Å². The van der Waals surface area contributed by atoms with Gasteiger partial charge in [0, 0.05) is 17.4 Å². The van der Waals surface area contributed by atoms with Crippen LogP contribution in [-0.2, 0) is 16.0 Å². The molecule has 1 unspecified atom stereocenters. The Kier molecular flexibility index (Phi) is 2.93. The average Bonchev–Trinajstić information content (AvgIpc) is 2.45. The van der Waals surface area contributed by atoms with Crippen LogP contribution < -0.4 is 0 Å². The van der Waals surface area contributed by atoms with Crippen molar-refractivity contribution in [2.75, 3.05) is 0 Å². The van der Waals surface area contributed by atoms with Gasteiger partial charge < -0.3 is 4.74 Å². The largest absolute Gasteiger partial charge is 0.458 e. The minimum Gasteiger partial charge on any atom is -0.458 e. The molecule has 1 aromatic heterocycles. The molecule has 4 heteroatoms. The zero-order chi connectivity index (χ0) is 10.1. The number of carbonyl (C=O) groups is 1. The van der Waals surface area contributed by atoms with Gasteiger partial charge in [0.1, 0.15) is 6.10 Å². The Hall–Kier alpha value is -0.350. The Labute approximate surface area is 95.4 Å². The minimum atomic E-state index is -0.190. The summed E-state index contributed by atoms with van der Waals surface area (Å²) in [7, 11) is 0. The number of carbonyl (C=O) groups excluding carboxylic acids is 1. The Bertz CT molecular complexity index is 359. The van der Waals surface area contributed by atoms with Crippen LogP contribution in [0, 0.1) is 0 Å². The van der Waals surface area contributed by atoms with E-state index in [-0.39, 0.29) is 12.1 Å². The van der Waals surface area contributed by atoms with Gasteiger partial charge in [-0.25, -0.2) is 0 Å². The summed E-state index contributed by atoms with van der Waals surface area (Å²) in [4.78, 5) is 12.3. The lowest BCUT2D eigenvalue weighted by molar-refractivity contribution is -0.147. The molecule has 2 rings (SSSR count). The molecule has 0 aromatic carbocycles. The maximum absolute atomic E-state index is 10.9. The van der Waals surface area contributed by atoms with Crippen LogP contribution in [0.15, 0.2) is 9.85 Å². The van der Waals surface area contributed by atoms with Gasteiger partial charge in [0.15, 0.2) is 0 Å². The summed E-state index contributed by atoms with van der Waals surface area (Å²) in [6.45, 7) is 1.47. The minimum absolute atomic E-state index is 0.0150. The molecule has 0 aliphatic heterocycles. The lowest BCUT2D eigenvalue weighted by atomic mass is 9.96. The van der Waals surface area contributed by atoms with Crippen molar-refractivity contribution in [3.8, 4) is 0 Å². The first-order chi connectivity index (χ1) is 6.66. The van der Waals surface area contributed by atoms with Crippen molar-refractivity contribution in [1.82, 2.24) is 0 Å². The number of fused-ring (bicyclic) bond motifs is 1. The van der Waals surface area contributed by atoms with Crippen LogP contribution in [0.25, 0.3) is 0 Å². The first kappa shape index (κ1) is 10.2. The number of rotatable bonds is 1.